The lowest BCUT2D eigenvalue weighted by molar-refractivity contribution is -0.140. The van der Waals surface area contributed by atoms with E-state index in [-0.39, 0.29) is 35.5 Å². The molecule has 3 aliphatic rings. The maximum Gasteiger partial charge on any atom is 0.254 e. The molecule has 0 radical (unpaired) electrons. The Bertz CT molecular complexity index is 1050. The van der Waals surface area contributed by atoms with Gasteiger partial charge in [-0.25, -0.2) is 0 Å². The van der Waals surface area contributed by atoms with Crippen molar-refractivity contribution in [2.45, 2.75) is 13.0 Å². The number of imide groups is 1. The molecule has 2 fully saturated rings. The molecule has 6 heteroatoms. The first-order valence-electron chi connectivity index (χ1n) is 10.6. The van der Waals surface area contributed by atoms with E-state index in [1.165, 1.54) is 0 Å². The quantitative estimate of drug-likeness (QED) is 0.412. The number of nitrogens with zero attached hydrogens (tertiary/aromatic N) is 3. The van der Waals surface area contributed by atoms with Gasteiger partial charge in [0.2, 0.25) is 0 Å². The fourth-order valence-corrected chi connectivity index (χ4v) is 4.89. The van der Waals surface area contributed by atoms with Crippen LogP contribution in [0.25, 0.3) is 0 Å². The van der Waals surface area contributed by atoms with Crippen molar-refractivity contribution in [1.82, 2.24) is 5.01 Å². The Kier molecular flexibility index (Phi) is 4.85. The lowest BCUT2D eigenvalue weighted by Gasteiger charge is -2.16. The van der Waals surface area contributed by atoms with Gasteiger partial charge in [0.05, 0.1) is 18.1 Å². The number of benzene rings is 2. The van der Waals surface area contributed by atoms with Crippen molar-refractivity contribution in [3.8, 4) is 5.75 Å². The Hall–Kier alpha value is -3.41. The molecule has 0 N–H and O–H groups in total. The second kappa shape index (κ2) is 7.69. The number of carbonyl (C=O) groups excluding carboxylic acids is 2. The van der Waals surface area contributed by atoms with E-state index in [1.54, 1.807) is 6.21 Å². The van der Waals surface area contributed by atoms with Crippen molar-refractivity contribution in [1.29, 1.82) is 0 Å². The van der Waals surface area contributed by atoms with Gasteiger partial charge in [-0.1, -0.05) is 42.5 Å². The van der Waals surface area contributed by atoms with E-state index >= 15 is 0 Å². The molecule has 5 rings (SSSR count). The standard InChI is InChI=1S/C25H25N3O3/c1-27(2)20-11-10-19(21(13-20)31-15-16-6-4-3-5-7-16)14-26-28-24(29)22-17-8-9-18(12-17)23(22)25(28)30/h3-11,13-14,17-18,22-23H,12,15H2,1-2H3. The summed E-state index contributed by atoms with van der Waals surface area (Å²) >= 11 is 0. The fourth-order valence-electron chi connectivity index (χ4n) is 4.89. The van der Waals surface area contributed by atoms with Gasteiger partial charge in [-0.15, -0.1) is 0 Å². The van der Waals surface area contributed by atoms with E-state index in [2.05, 4.69) is 17.3 Å². The SMILES string of the molecule is CN(C)c1ccc(C=NN2C(=O)C3C4C=CC(C4)C3C2=O)c(OCc2ccccc2)c1. The van der Waals surface area contributed by atoms with Crippen molar-refractivity contribution in [2.24, 2.45) is 28.8 Å². The van der Waals surface area contributed by atoms with Crippen LogP contribution in [0.1, 0.15) is 17.5 Å². The number of allylic oxidation sites excluding steroid dienone is 2. The van der Waals surface area contributed by atoms with Gasteiger partial charge in [-0.3, -0.25) is 9.59 Å². The number of rotatable bonds is 6. The summed E-state index contributed by atoms with van der Waals surface area (Å²) in [5.41, 5.74) is 2.77. The summed E-state index contributed by atoms with van der Waals surface area (Å²) in [5.74, 6) is 0.153. The van der Waals surface area contributed by atoms with Gasteiger partial charge in [0.15, 0.2) is 0 Å². The summed E-state index contributed by atoms with van der Waals surface area (Å²) in [6, 6.07) is 15.7. The van der Waals surface area contributed by atoms with Gasteiger partial charge >= 0.3 is 0 Å². The van der Waals surface area contributed by atoms with E-state index < -0.39 is 0 Å². The maximum absolute atomic E-state index is 12.9. The molecule has 2 aromatic rings. The van der Waals surface area contributed by atoms with Crippen molar-refractivity contribution in [3.63, 3.8) is 0 Å². The van der Waals surface area contributed by atoms with Crippen LogP contribution in [-0.4, -0.2) is 37.1 Å². The van der Waals surface area contributed by atoms with Crippen LogP contribution >= 0.6 is 0 Å². The lowest BCUT2D eigenvalue weighted by Crippen LogP contribution is -2.28. The number of ether oxygens (including phenoxy) is 1. The summed E-state index contributed by atoms with van der Waals surface area (Å²) in [4.78, 5) is 27.7. The van der Waals surface area contributed by atoms with Crippen LogP contribution in [0.3, 0.4) is 0 Å². The van der Waals surface area contributed by atoms with Crippen molar-refractivity contribution >= 4 is 23.7 Å². The molecule has 1 saturated carbocycles. The molecule has 2 aliphatic carbocycles. The van der Waals surface area contributed by atoms with E-state index in [0.29, 0.717) is 12.4 Å². The van der Waals surface area contributed by atoms with Crippen LogP contribution in [0.5, 0.6) is 5.75 Å². The van der Waals surface area contributed by atoms with Crippen LogP contribution in [0.15, 0.2) is 65.8 Å². The van der Waals surface area contributed by atoms with Crippen LogP contribution in [0, 0.1) is 23.7 Å². The Morgan fingerprint density at radius 2 is 1.71 bits per heavy atom. The second-order valence-electron chi connectivity index (χ2n) is 8.62. The Labute approximate surface area is 181 Å². The van der Waals surface area contributed by atoms with Crippen LogP contribution in [0.4, 0.5) is 5.69 Å². The predicted octanol–water partition coefficient (Wildman–Crippen LogP) is 3.47. The Morgan fingerprint density at radius 1 is 1.03 bits per heavy atom. The largest absolute Gasteiger partial charge is 0.488 e. The van der Waals surface area contributed by atoms with Gasteiger partial charge in [-0.05, 0) is 36.0 Å². The molecule has 6 nitrogen and oxygen atoms in total. The highest BCUT2D eigenvalue weighted by Crippen LogP contribution is 2.52. The Balaban J connectivity index is 1.39. The number of hydrazone groups is 1. The normalized spacial score (nSPS) is 26.2. The van der Waals surface area contributed by atoms with E-state index in [4.69, 9.17) is 4.74 Å². The molecular formula is C25H25N3O3. The molecule has 2 aromatic carbocycles. The van der Waals surface area contributed by atoms with Gasteiger partial charge in [-0.2, -0.15) is 10.1 Å². The summed E-state index contributed by atoms with van der Waals surface area (Å²) in [6.45, 7) is 0.416. The number of carbonyl (C=O) groups is 2. The van der Waals surface area contributed by atoms with Gasteiger partial charge < -0.3 is 9.64 Å². The number of hydrogen-bond donors (Lipinski definition) is 0. The minimum Gasteiger partial charge on any atom is -0.488 e. The predicted molar refractivity (Wildman–Crippen MR) is 119 cm³/mol. The molecule has 0 aromatic heterocycles. The molecule has 1 saturated heterocycles. The zero-order valence-electron chi connectivity index (χ0n) is 17.6. The number of anilines is 1. The zero-order valence-corrected chi connectivity index (χ0v) is 17.6. The highest BCUT2D eigenvalue weighted by molar-refractivity contribution is 6.07. The molecule has 158 valence electrons. The smallest absolute Gasteiger partial charge is 0.254 e. The van der Waals surface area contributed by atoms with Crippen LogP contribution < -0.4 is 9.64 Å². The van der Waals surface area contributed by atoms with Crippen molar-refractivity contribution in [2.75, 3.05) is 19.0 Å². The molecule has 4 atom stereocenters. The van der Waals surface area contributed by atoms with E-state index in [0.717, 1.165) is 28.2 Å². The summed E-state index contributed by atoms with van der Waals surface area (Å²) in [7, 11) is 3.93. The first-order chi connectivity index (χ1) is 15.0. The fraction of sp³-hybridized carbons (Fsp3) is 0.320. The van der Waals surface area contributed by atoms with Crippen molar-refractivity contribution < 1.29 is 14.3 Å². The molecular weight excluding hydrogens is 390 g/mol. The van der Waals surface area contributed by atoms with Gasteiger partial charge in [0.25, 0.3) is 11.8 Å². The minimum absolute atomic E-state index is 0.177. The zero-order chi connectivity index (χ0) is 21.5. The molecule has 1 aliphatic heterocycles. The van der Waals surface area contributed by atoms with Crippen LogP contribution in [0.2, 0.25) is 0 Å². The maximum atomic E-state index is 12.9. The average Bonchev–Trinajstić information content (AvgIpc) is 3.46. The van der Waals surface area contributed by atoms with Gasteiger partial charge in [0.1, 0.15) is 12.4 Å². The Morgan fingerprint density at radius 3 is 2.35 bits per heavy atom. The third kappa shape index (κ3) is 3.42. The lowest BCUT2D eigenvalue weighted by atomic mass is 9.85. The first kappa shape index (κ1) is 19.5. The van der Waals surface area contributed by atoms with E-state index in [1.807, 2.05) is 67.5 Å². The summed E-state index contributed by atoms with van der Waals surface area (Å²) in [6.07, 6.45) is 6.64. The second-order valence-corrected chi connectivity index (χ2v) is 8.62. The third-order valence-electron chi connectivity index (χ3n) is 6.51. The number of hydrogen-bond acceptors (Lipinski definition) is 5. The monoisotopic (exact) mass is 415 g/mol. The van der Waals surface area contributed by atoms with Gasteiger partial charge in [0, 0.05) is 31.4 Å². The molecule has 2 amide bonds. The molecule has 2 bridgehead atoms. The molecule has 31 heavy (non-hydrogen) atoms. The number of amides is 2. The summed E-state index contributed by atoms with van der Waals surface area (Å²) in [5, 5.41) is 5.38. The van der Waals surface area contributed by atoms with Crippen LogP contribution in [-0.2, 0) is 16.2 Å². The first-order valence-corrected chi connectivity index (χ1v) is 10.6. The highest BCUT2D eigenvalue weighted by atomic mass is 16.5. The molecule has 0 spiro atoms. The summed E-state index contributed by atoms with van der Waals surface area (Å²) < 4.78 is 6.09. The third-order valence-corrected chi connectivity index (χ3v) is 6.51. The molecule has 1 heterocycles. The topological polar surface area (TPSA) is 62.2 Å². The minimum atomic E-state index is -0.246. The van der Waals surface area contributed by atoms with E-state index in [9.17, 15) is 9.59 Å². The highest BCUT2D eigenvalue weighted by Gasteiger charge is 2.59. The molecule has 4 unspecified atom stereocenters. The number of fused-ring (bicyclic) bond motifs is 5. The van der Waals surface area contributed by atoms with Crippen molar-refractivity contribution in [3.05, 3.63) is 71.8 Å². The average molecular weight is 415 g/mol.